The van der Waals surface area contributed by atoms with Gasteiger partial charge >= 0.3 is 6.18 Å². The molecule has 0 aliphatic heterocycles. The molecule has 1 aromatic carbocycles. The van der Waals surface area contributed by atoms with Crippen LogP contribution in [0.5, 0.6) is 0 Å². The van der Waals surface area contributed by atoms with Crippen LogP contribution in [0.3, 0.4) is 0 Å². The maximum atomic E-state index is 13.3. The van der Waals surface area contributed by atoms with E-state index in [2.05, 4.69) is 10.3 Å². The Morgan fingerprint density at radius 2 is 1.85 bits per heavy atom. The largest absolute Gasteiger partial charge is 0.431 e. The molecule has 1 amide bonds. The molecular weight excluding hydrogens is 369 g/mol. The molecule has 3 aromatic rings. The molecule has 1 N–H and O–H groups in total. The van der Waals surface area contributed by atoms with Crippen molar-refractivity contribution in [2.45, 2.75) is 25.7 Å². The van der Waals surface area contributed by atoms with Gasteiger partial charge in [-0.2, -0.15) is 13.2 Å². The van der Waals surface area contributed by atoms with Crippen LogP contribution in [0.4, 0.5) is 22.0 Å². The molecule has 0 radical (unpaired) electrons. The molecule has 3 rings (SSSR count). The predicted octanol–water partition coefficient (Wildman–Crippen LogP) is 4.15. The number of fused-ring (bicyclic) bond motifs is 1. The zero-order valence-electron chi connectivity index (χ0n) is 14.0. The number of alkyl halides is 3. The summed E-state index contributed by atoms with van der Waals surface area (Å²) in [5, 5.41) is 2.76. The van der Waals surface area contributed by atoms with E-state index >= 15 is 0 Å². The van der Waals surface area contributed by atoms with E-state index in [1.807, 2.05) is 0 Å². The van der Waals surface area contributed by atoms with Crippen LogP contribution in [-0.4, -0.2) is 21.5 Å². The molecule has 142 valence electrons. The van der Waals surface area contributed by atoms with Crippen LogP contribution in [0.1, 0.15) is 23.0 Å². The number of nitrogens with zero attached hydrogens (tertiary/aromatic N) is 2. The van der Waals surface area contributed by atoms with Crippen LogP contribution < -0.4 is 5.32 Å². The molecule has 27 heavy (non-hydrogen) atoms. The maximum Gasteiger partial charge on any atom is 0.431 e. The molecule has 0 aliphatic carbocycles. The van der Waals surface area contributed by atoms with Gasteiger partial charge < -0.3 is 9.88 Å². The first-order chi connectivity index (χ1) is 12.6. The van der Waals surface area contributed by atoms with Crippen molar-refractivity contribution >= 4 is 16.9 Å². The van der Waals surface area contributed by atoms with E-state index in [1.165, 1.54) is 25.3 Å². The zero-order chi connectivity index (χ0) is 19.8. The van der Waals surface area contributed by atoms with Gasteiger partial charge in [0.1, 0.15) is 23.0 Å². The van der Waals surface area contributed by atoms with E-state index in [9.17, 15) is 26.7 Å². The third-order valence-corrected chi connectivity index (χ3v) is 3.90. The maximum absolute atomic E-state index is 13.3. The first-order valence-electron chi connectivity index (χ1n) is 7.93. The lowest BCUT2D eigenvalue weighted by molar-refractivity contribution is -0.143. The molecule has 2 aromatic heterocycles. The minimum atomic E-state index is -4.60. The highest BCUT2D eigenvalue weighted by molar-refractivity contribution is 5.94. The highest BCUT2D eigenvalue weighted by Gasteiger charge is 2.36. The van der Waals surface area contributed by atoms with Crippen molar-refractivity contribution in [1.82, 2.24) is 14.9 Å². The van der Waals surface area contributed by atoms with E-state index in [0.717, 1.165) is 22.8 Å². The number of amides is 1. The SMILES string of the molecule is C[C@H](Cn1c(C(F)(F)F)cc2cccnc21)NC(=O)c1cc(F)cc(F)c1. The molecule has 0 spiro atoms. The second kappa shape index (κ2) is 6.98. The van der Waals surface area contributed by atoms with Crippen LogP contribution in [-0.2, 0) is 12.7 Å². The molecule has 0 unspecified atom stereocenters. The van der Waals surface area contributed by atoms with Crippen molar-refractivity contribution in [3.8, 4) is 0 Å². The molecule has 0 saturated carbocycles. The van der Waals surface area contributed by atoms with E-state index in [1.54, 1.807) is 0 Å². The normalized spacial score (nSPS) is 13.0. The van der Waals surface area contributed by atoms with Gasteiger partial charge in [-0.1, -0.05) is 0 Å². The fraction of sp³-hybridized carbons (Fsp3) is 0.222. The number of rotatable bonds is 4. The number of carbonyl (C=O) groups is 1. The number of pyridine rings is 1. The monoisotopic (exact) mass is 383 g/mol. The molecule has 0 aliphatic rings. The van der Waals surface area contributed by atoms with Gasteiger partial charge in [-0.3, -0.25) is 4.79 Å². The molecule has 0 fully saturated rings. The Morgan fingerprint density at radius 3 is 2.48 bits per heavy atom. The average Bonchev–Trinajstić information content (AvgIpc) is 2.93. The van der Waals surface area contributed by atoms with Crippen molar-refractivity contribution in [3.05, 3.63) is 65.5 Å². The third-order valence-electron chi connectivity index (χ3n) is 3.90. The Morgan fingerprint density at radius 1 is 1.19 bits per heavy atom. The first-order valence-corrected chi connectivity index (χ1v) is 7.93. The van der Waals surface area contributed by atoms with Gasteiger partial charge in [0.2, 0.25) is 0 Å². The summed E-state index contributed by atoms with van der Waals surface area (Å²) in [6.45, 7) is 1.27. The fourth-order valence-electron chi connectivity index (χ4n) is 2.82. The van der Waals surface area contributed by atoms with E-state index in [-0.39, 0.29) is 17.8 Å². The van der Waals surface area contributed by atoms with Gasteiger partial charge in [0, 0.05) is 35.8 Å². The second-order valence-electron chi connectivity index (χ2n) is 6.09. The topological polar surface area (TPSA) is 46.9 Å². The second-order valence-corrected chi connectivity index (χ2v) is 6.09. The van der Waals surface area contributed by atoms with E-state index in [4.69, 9.17) is 0 Å². The van der Waals surface area contributed by atoms with Gasteiger partial charge in [-0.25, -0.2) is 13.8 Å². The number of halogens is 5. The molecule has 1 atom stereocenters. The zero-order valence-corrected chi connectivity index (χ0v) is 14.0. The number of benzene rings is 1. The van der Waals surface area contributed by atoms with Gasteiger partial charge in [0.05, 0.1) is 0 Å². The molecule has 4 nitrogen and oxygen atoms in total. The first kappa shape index (κ1) is 18.8. The highest BCUT2D eigenvalue weighted by atomic mass is 19.4. The van der Waals surface area contributed by atoms with Crippen molar-refractivity contribution < 1.29 is 26.7 Å². The van der Waals surface area contributed by atoms with Crippen LogP contribution in [0.2, 0.25) is 0 Å². The fourth-order valence-corrected chi connectivity index (χ4v) is 2.82. The van der Waals surface area contributed by atoms with Crippen LogP contribution in [0.15, 0.2) is 42.6 Å². The van der Waals surface area contributed by atoms with Gasteiger partial charge in [0.25, 0.3) is 5.91 Å². The third kappa shape index (κ3) is 4.07. The number of carbonyl (C=O) groups excluding carboxylic acids is 1. The summed E-state index contributed by atoms with van der Waals surface area (Å²) in [5.74, 6) is -2.64. The van der Waals surface area contributed by atoms with Crippen LogP contribution >= 0.6 is 0 Å². The summed E-state index contributed by atoms with van der Waals surface area (Å²) in [6, 6.07) is 5.57. The number of aromatic nitrogens is 2. The minimum absolute atomic E-state index is 0.128. The highest BCUT2D eigenvalue weighted by Crippen LogP contribution is 2.33. The van der Waals surface area contributed by atoms with Crippen LogP contribution in [0, 0.1) is 11.6 Å². The van der Waals surface area contributed by atoms with E-state index in [0.29, 0.717) is 11.5 Å². The predicted molar refractivity (Wildman–Crippen MR) is 88.0 cm³/mol. The molecular formula is C18H14F5N3O. The molecule has 0 saturated heterocycles. The standard InChI is InChI=1S/C18H14F5N3O/c1-10(25-17(27)12-5-13(19)8-14(20)6-12)9-26-15(18(21,22)23)7-11-3-2-4-24-16(11)26/h2-8,10H,9H2,1H3,(H,25,27)/t10-/m1/s1. The Labute approximate surface area is 150 Å². The molecule has 9 heteroatoms. The number of hydrogen-bond acceptors (Lipinski definition) is 2. The summed E-state index contributed by atoms with van der Waals surface area (Å²) in [5.41, 5.74) is -1.03. The van der Waals surface area contributed by atoms with Gasteiger partial charge in [0.15, 0.2) is 0 Å². The Hall–Kier alpha value is -2.97. The summed E-state index contributed by atoms with van der Waals surface area (Å²) in [4.78, 5) is 16.1. The van der Waals surface area contributed by atoms with Crippen molar-refractivity contribution in [1.29, 1.82) is 0 Å². The summed E-state index contributed by atoms with van der Waals surface area (Å²) < 4.78 is 67.4. The van der Waals surface area contributed by atoms with Gasteiger partial charge in [-0.15, -0.1) is 0 Å². The summed E-state index contributed by atoms with van der Waals surface area (Å²) in [6.07, 6.45) is -3.23. The lowest BCUT2D eigenvalue weighted by Gasteiger charge is -2.18. The number of nitrogens with one attached hydrogen (secondary N) is 1. The summed E-state index contributed by atoms with van der Waals surface area (Å²) >= 11 is 0. The smallest absolute Gasteiger partial charge is 0.348 e. The van der Waals surface area contributed by atoms with E-state index < -0.39 is 35.5 Å². The Balaban J connectivity index is 1.85. The lowest BCUT2D eigenvalue weighted by Crippen LogP contribution is -2.36. The molecule has 2 heterocycles. The van der Waals surface area contributed by atoms with Crippen molar-refractivity contribution in [2.75, 3.05) is 0 Å². The Bertz CT molecular complexity index is 976. The quantitative estimate of drug-likeness (QED) is 0.688. The lowest BCUT2D eigenvalue weighted by atomic mass is 10.2. The Kier molecular flexibility index (Phi) is 4.86. The van der Waals surface area contributed by atoms with Crippen molar-refractivity contribution in [2.24, 2.45) is 0 Å². The number of hydrogen-bond donors (Lipinski definition) is 1. The minimum Gasteiger partial charge on any atom is -0.348 e. The van der Waals surface area contributed by atoms with Gasteiger partial charge in [-0.05, 0) is 37.3 Å². The van der Waals surface area contributed by atoms with Crippen molar-refractivity contribution in [3.63, 3.8) is 0 Å². The average molecular weight is 383 g/mol. The summed E-state index contributed by atoms with van der Waals surface area (Å²) in [7, 11) is 0. The van der Waals surface area contributed by atoms with Crippen LogP contribution in [0.25, 0.3) is 11.0 Å². The molecule has 0 bridgehead atoms.